The maximum absolute atomic E-state index is 13.3. The minimum Gasteiger partial charge on any atom is -0.333 e. The van der Waals surface area contributed by atoms with Gasteiger partial charge in [-0.15, -0.1) is 12.4 Å². The first-order valence-electron chi connectivity index (χ1n) is 10.4. The molecule has 1 N–H and O–H groups in total. The summed E-state index contributed by atoms with van der Waals surface area (Å²) in [6, 6.07) is 6.03. The molecule has 0 aliphatic carbocycles. The number of hydrogen-bond acceptors (Lipinski definition) is 4. The number of hydrogen-bond donors (Lipinski definition) is 1. The van der Waals surface area contributed by atoms with Crippen molar-refractivity contribution in [1.82, 2.24) is 20.1 Å². The van der Waals surface area contributed by atoms with Crippen LogP contribution < -0.4 is 5.32 Å². The molecule has 0 aromatic carbocycles. The first-order valence-corrected chi connectivity index (χ1v) is 10.4. The van der Waals surface area contributed by atoms with Gasteiger partial charge >= 0.3 is 0 Å². The van der Waals surface area contributed by atoms with Crippen LogP contribution in [-0.4, -0.2) is 58.8 Å². The van der Waals surface area contributed by atoms with Crippen LogP contribution in [0.2, 0.25) is 0 Å². The van der Waals surface area contributed by atoms with Gasteiger partial charge in [0.2, 0.25) is 11.8 Å². The fourth-order valence-electron chi connectivity index (χ4n) is 4.04. The number of pyridine rings is 1. The Morgan fingerprint density at radius 2 is 2.00 bits per heavy atom. The minimum atomic E-state index is 0. The van der Waals surface area contributed by atoms with Gasteiger partial charge in [0.25, 0.3) is 0 Å². The molecule has 0 radical (unpaired) electrons. The van der Waals surface area contributed by atoms with E-state index in [-0.39, 0.29) is 36.8 Å². The molecule has 2 saturated heterocycles. The zero-order valence-corrected chi connectivity index (χ0v) is 17.5. The van der Waals surface area contributed by atoms with E-state index >= 15 is 0 Å². The maximum Gasteiger partial charge on any atom is 0.242 e. The first-order chi connectivity index (χ1) is 13.2. The summed E-state index contributed by atoms with van der Waals surface area (Å²) in [6.45, 7) is 3.36. The molecule has 2 amide bonds. The second-order valence-corrected chi connectivity index (χ2v) is 7.66. The second-order valence-electron chi connectivity index (χ2n) is 7.66. The van der Waals surface area contributed by atoms with E-state index in [1.807, 2.05) is 23.1 Å². The van der Waals surface area contributed by atoms with Crippen molar-refractivity contribution in [2.24, 2.45) is 0 Å². The van der Waals surface area contributed by atoms with Crippen molar-refractivity contribution >= 4 is 24.2 Å². The highest BCUT2D eigenvalue weighted by atomic mass is 35.5. The summed E-state index contributed by atoms with van der Waals surface area (Å²) in [5.74, 6) is 0.185. The molecule has 3 heterocycles. The predicted octanol–water partition coefficient (Wildman–Crippen LogP) is 2.77. The van der Waals surface area contributed by atoms with Crippen molar-refractivity contribution in [2.45, 2.75) is 64.0 Å². The molecule has 3 rings (SSSR count). The molecule has 0 bridgehead atoms. The molecular formula is C21H33ClN4O2. The van der Waals surface area contributed by atoms with Gasteiger partial charge in [-0.2, -0.15) is 0 Å². The van der Waals surface area contributed by atoms with Crippen LogP contribution in [-0.2, 0) is 16.1 Å². The van der Waals surface area contributed by atoms with Crippen LogP contribution in [0.1, 0.15) is 57.1 Å². The first kappa shape index (κ1) is 22.6. The largest absolute Gasteiger partial charge is 0.333 e. The molecule has 156 valence electrons. The van der Waals surface area contributed by atoms with Crippen molar-refractivity contribution in [3.05, 3.63) is 30.1 Å². The number of nitrogens with zero attached hydrogens (tertiary/aromatic N) is 3. The zero-order chi connectivity index (χ0) is 18.9. The van der Waals surface area contributed by atoms with Gasteiger partial charge in [-0.05, 0) is 57.3 Å². The van der Waals surface area contributed by atoms with E-state index in [0.717, 1.165) is 63.7 Å². The van der Waals surface area contributed by atoms with Crippen molar-refractivity contribution < 1.29 is 9.59 Å². The summed E-state index contributed by atoms with van der Waals surface area (Å²) in [4.78, 5) is 33.9. The Balaban J connectivity index is 0.00000280. The third kappa shape index (κ3) is 6.74. The van der Waals surface area contributed by atoms with Gasteiger partial charge in [0.15, 0.2) is 0 Å². The third-order valence-corrected chi connectivity index (χ3v) is 5.61. The topological polar surface area (TPSA) is 65.5 Å². The van der Waals surface area contributed by atoms with Gasteiger partial charge in [-0.25, -0.2) is 0 Å². The lowest BCUT2D eigenvalue weighted by molar-refractivity contribution is -0.143. The highest BCUT2D eigenvalue weighted by Gasteiger charge is 2.28. The zero-order valence-electron chi connectivity index (χ0n) is 16.6. The molecule has 1 aromatic heterocycles. The lowest BCUT2D eigenvalue weighted by Crippen LogP contribution is -2.47. The fraction of sp³-hybridized carbons (Fsp3) is 0.667. The van der Waals surface area contributed by atoms with Crippen LogP contribution in [0.25, 0.3) is 0 Å². The lowest BCUT2D eigenvalue weighted by Gasteiger charge is -2.33. The van der Waals surface area contributed by atoms with Crippen molar-refractivity contribution in [2.75, 3.05) is 26.2 Å². The van der Waals surface area contributed by atoms with Crippen LogP contribution in [0.4, 0.5) is 0 Å². The lowest BCUT2D eigenvalue weighted by atomic mass is 10.1. The summed E-state index contributed by atoms with van der Waals surface area (Å²) >= 11 is 0. The Hall–Kier alpha value is -1.66. The van der Waals surface area contributed by atoms with Crippen LogP contribution in [0.3, 0.4) is 0 Å². The molecule has 2 fully saturated rings. The molecule has 0 saturated carbocycles. The Morgan fingerprint density at radius 3 is 2.82 bits per heavy atom. The highest BCUT2D eigenvalue weighted by Crippen LogP contribution is 2.18. The molecule has 0 spiro atoms. The Labute approximate surface area is 174 Å². The van der Waals surface area contributed by atoms with E-state index in [1.165, 1.54) is 0 Å². The average Bonchev–Trinajstić information content (AvgIpc) is 2.96. The Morgan fingerprint density at radius 1 is 1.14 bits per heavy atom. The fourth-order valence-corrected chi connectivity index (χ4v) is 4.04. The number of nitrogens with one attached hydrogen (secondary N) is 1. The van der Waals surface area contributed by atoms with Gasteiger partial charge in [0, 0.05) is 25.2 Å². The molecule has 1 unspecified atom stereocenters. The molecule has 28 heavy (non-hydrogen) atoms. The quantitative estimate of drug-likeness (QED) is 0.813. The van der Waals surface area contributed by atoms with Crippen LogP contribution in [0.5, 0.6) is 0 Å². The Bertz CT molecular complexity index is 606. The van der Waals surface area contributed by atoms with E-state index < -0.39 is 0 Å². The number of carbonyl (C=O) groups is 2. The van der Waals surface area contributed by atoms with Crippen molar-refractivity contribution in [3.8, 4) is 0 Å². The van der Waals surface area contributed by atoms with E-state index in [4.69, 9.17) is 0 Å². The maximum atomic E-state index is 13.3. The number of likely N-dealkylation sites (tertiary alicyclic amines) is 1. The standard InChI is InChI=1S/C21H32N4O2.ClH/c26-20-10-3-1-2-6-15-24(20)17-21(27)25(16-18-8-4-5-13-23-18)19-9-7-12-22-14-11-19;/h4-5,8,13,19,22H,1-3,6-7,9-12,14-17H2;1H. The molecule has 2 aliphatic heterocycles. The molecule has 2 aliphatic rings. The van der Waals surface area contributed by atoms with E-state index in [9.17, 15) is 9.59 Å². The monoisotopic (exact) mass is 408 g/mol. The normalized spacial score (nSPS) is 21.1. The molecule has 7 heteroatoms. The van der Waals surface area contributed by atoms with Gasteiger partial charge in [-0.3, -0.25) is 14.6 Å². The van der Waals surface area contributed by atoms with Gasteiger partial charge in [-0.1, -0.05) is 18.9 Å². The van der Waals surface area contributed by atoms with Crippen LogP contribution in [0.15, 0.2) is 24.4 Å². The minimum absolute atomic E-state index is 0. The SMILES string of the molecule is Cl.O=C1CCCCCCN1CC(=O)N(Cc1ccccn1)C1CCCNCC1. The smallest absolute Gasteiger partial charge is 0.242 e. The second kappa shape index (κ2) is 12.0. The van der Waals surface area contributed by atoms with Crippen LogP contribution >= 0.6 is 12.4 Å². The average molecular weight is 409 g/mol. The number of carbonyl (C=O) groups excluding carboxylic acids is 2. The van der Waals surface area contributed by atoms with Gasteiger partial charge in [0.05, 0.1) is 18.8 Å². The molecule has 1 atom stereocenters. The summed E-state index contributed by atoms with van der Waals surface area (Å²) in [7, 11) is 0. The van der Waals surface area contributed by atoms with Crippen molar-refractivity contribution in [1.29, 1.82) is 0 Å². The van der Waals surface area contributed by atoms with Gasteiger partial charge in [0.1, 0.15) is 0 Å². The number of halogens is 1. The van der Waals surface area contributed by atoms with Crippen molar-refractivity contribution in [3.63, 3.8) is 0 Å². The molecule has 1 aromatic rings. The number of aromatic nitrogens is 1. The van der Waals surface area contributed by atoms with E-state index in [2.05, 4.69) is 10.3 Å². The summed E-state index contributed by atoms with van der Waals surface area (Å²) in [6.07, 6.45) is 9.56. The third-order valence-electron chi connectivity index (χ3n) is 5.61. The molecule has 6 nitrogen and oxygen atoms in total. The summed E-state index contributed by atoms with van der Waals surface area (Å²) in [5, 5.41) is 3.42. The predicted molar refractivity (Wildman–Crippen MR) is 112 cm³/mol. The highest BCUT2D eigenvalue weighted by molar-refractivity contribution is 5.85. The summed E-state index contributed by atoms with van der Waals surface area (Å²) in [5.41, 5.74) is 0.905. The summed E-state index contributed by atoms with van der Waals surface area (Å²) < 4.78 is 0. The van der Waals surface area contributed by atoms with E-state index in [0.29, 0.717) is 19.5 Å². The number of rotatable bonds is 5. The Kier molecular flexibility index (Phi) is 9.71. The van der Waals surface area contributed by atoms with Gasteiger partial charge < -0.3 is 15.1 Å². The van der Waals surface area contributed by atoms with Crippen LogP contribution in [0, 0.1) is 0 Å². The molecular weight excluding hydrogens is 376 g/mol. The number of amides is 2. The van der Waals surface area contributed by atoms with E-state index in [1.54, 1.807) is 11.1 Å².